The van der Waals surface area contributed by atoms with Gasteiger partial charge in [0, 0.05) is 24.5 Å². The molecule has 0 saturated heterocycles. The molecule has 1 aliphatic heterocycles. The summed E-state index contributed by atoms with van der Waals surface area (Å²) in [5.41, 5.74) is 5.60. The zero-order chi connectivity index (χ0) is 28.8. The SMILES string of the molecule is CC(=O)OC(c1ccccc1)c1cc2cc(CN3c4c(C)cc(C)nc4NC3C)ccc2n1C(=O)OC(C)(C)C. The molecule has 0 amide bonds. The summed E-state index contributed by atoms with van der Waals surface area (Å²) in [7, 11) is 0. The van der Waals surface area contributed by atoms with E-state index in [0.29, 0.717) is 17.8 Å². The second kappa shape index (κ2) is 10.3. The minimum absolute atomic E-state index is 0.0760. The molecule has 0 spiro atoms. The van der Waals surface area contributed by atoms with Crippen LogP contribution < -0.4 is 10.2 Å². The van der Waals surface area contributed by atoms with Crippen LogP contribution >= 0.6 is 0 Å². The van der Waals surface area contributed by atoms with E-state index in [-0.39, 0.29) is 6.17 Å². The van der Waals surface area contributed by atoms with E-state index in [9.17, 15) is 9.59 Å². The van der Waals surface area contributed by atoms with Gasteiger partial charge in [-0.3, -0.25) is 4.79 Å². The summed E-state index contributed by atoms with van der Waals surface area (Å²) >= 11 is 0. The van der Waals surface area contributed by atoms with Crippen molar-refractivity contribution in [2.45, 2.75) is 72.9 Å². The molecule has 3 heterocycles. The molecule has 0 fully saturated rings. The quantitative estimate of drug-likeness (QED) is 0.277. The third-order valence-electron chi connectivity index (χ3n) is 6.89. The number of ether oxygens (including phenoxy) is 2. The van der Waals surface area contributed by atoms with Gasteiger partial charge in [-0.1, -0.05) is 36.4 Å². The molecular formula is C32H36N4O4. The molecule has 4 aromatic rings. The van der Waals surface area contributed by atoms with Crippen molar-refractivity contribution in [3.05, 3.63) is 88.7 Å². The van der Waals surface area contributed by atoms with Crippen molar-refractivity contribution < 1.29 is 19.1 Å². The van der Waals surface area contributed by atoms with Gasteiger partial charge >= 0.3 is 12.1 Å². The fourth-order valence-electron chi connectivity index (χ4n) is 5.36. The maximum absolute atomic E-state index is 13.6. The lowest BCUT2D eigenvalue weighted by molar-refractivity contribution is -0.145. The summed E-state index contributed by atoms with van der Waals surface area (Å²) in [5, 5.41) is 4.34. The van der Waals surface area contributed by atoms with Crippen molar-refractivity contribution in [2.24, 2.45) is 0 Å². The summed E-state index contributed by atoms with van der Waals surface area (Å²) in [5.74, 6) is 0.459. The number of fused-ring (bicyclic) bond motifs is 2. The number of hydrogen-bond acceptors (Lipinski definition) is 7. The highest BCUT2D eigenvalue weighted by atomic mass is 16.6. The molecule has 5 rings (SSSR count). The molecule has 2 unspecified atom stereocenters. The highest BCUT2D eigenvalue weighted by Gasteiger charge is 2.31. The molecule has 8 heteroatoms. The minimum atomic E-state index is -0.784. The Balaban J connectivity index is 1.60. The van der Waals surface area contributed by atoms with Crippen molar-refractivity contribution in [3.8, 4) is 0 Å². The fourth-order valence-corrected chi connectivity index (χ4v) is 5.36. The Morgan fingerprint density at radius 2 is 1.77 bits per heavy atom. The first-order valence-corrected chi connectivity index (χ1v) is 13.5. The van der Waals surface area contributed by atoms with Gasteiger partial charge in [0.25, 0.3) is 0 Å². The van der Waals surface area contributed by atoms with Gasteiger partial charge in [-0.2, -0.15) is 0 Å². The predicted octanol–water partition coefficient (Wildman–Crippen LogP) is 6.87. The molecule has 8 nitrogen and oxygen atoms in total. The van der Waals surface area contributed by atoms with Gasteiger partial charge in [-0.15, -0.1) is 0 Å². The first kappa shape index (κ1) is 27.2. The van der Waals surface area contributed by atoms with Crippen molar-refractivity contribution in [1.29, 1.82) is 0 Å². The van der Waals surface area contributed by atoms with Crippen molar-refractivity contribution >= 4 is 34.5 Å². The van der Waals surface area contributed by atoms with Crippen LogP contribution in [0.1, 0.15) is 68.8 Å². The van der Waals surface area contributed by atoms with E-state index in [0.717, 1.165) is 33.7 Å². The van der Waals surface area contributed by atoms with Crippen LogP contribution in [0.15, 0.2) is 60.7 Å². The molecule has 40 heavy (non-hydrogen) atoms. The molecule has 0 radical (unpaired) electrons. The second-order valence-corrected chi connectivity index (χ2v) is 11.4. The Morgan fingerprint density at radius 3 is 2.45 bits per heavy atom. The smallest absolute Gasteiger partial charge is 0.419 e. The Kier molecular flexibility index (Phi) is 7.04. The lowest BCUT2D eigenvalue weighted by atomic mass is 10.1. The minimum Gasteiger partial charge on any atom is -0.451 e. The van der Waals surface area contributed by atoms with E-state index >= 15 is 0 Å². The van der Waals surface area contributed by atoms with Crippen LogP contribution in [0.5, 0.6) is 0 Å². The number of benzene rings is 2. The Labute approximate surface area is 234 Å². The first-order valence-electron chi connectivity index (χ1n) is 13.5. The molecule has 0 aliphatic carbocycles. The first-order chi connectivity index (χ1) is 18.9. The fraction of sp³-hybridized carbons (Fsp3) is 0.344. The van der Waals surface area contributed by atoms with Crippen LogP contribution in [0.2, 0.25) is 0 Å². The molecule has 1 N–H and O–H groups in total. The van der Waals surface area contributed by atoms with Gasteiger partial charge < -0.3 is 19.7 Å². The third-order valence-corrected chi connectivity index (χ3v) is 6.89. The Bertz CT molecular complexity index is 1590. The van der Waals surface area contributed by atoms with Crippen LogP contribution in [0, 0.1) is 13.8 Å². The average molecular weight is 541 g/mol. The number of aromatic nitrogens is 2. The number of carbonyl (C=O) groups excluding carboxylic acids is 2. The normalized spacial score (nSPS) is 15.5. The highest BCUT2D eigenvalue weighted by Crippen LogP contribution is 2.38. The molecule has 0 bridgehead atoms. The highest BCUT2D eigenvalue weighted by molar-refractivity contribution is 5.92. The van der Waals surface area contributed by atoms with Gasteiger partial charge in [0.05, 0.1) is 23.1 Å². The number of esters is 1. The maximum Gasteiger partial charge on any atom is 0.419 e. The summed E-state index contributed by atoms with van der Waals surface area (Å²) < 4.78 is 13.1. The summed E-state index contributed by atoms with van der Waals surface area (Å²) in [6.07, 6.45) is -1.23. The van der Waals surface area contributed by atoms with E-state index in [2.05, 4.69) is 36.2 Å². The van der Waals surface area contributed by atoms with Crippen molar-refractivity contribution in [3.63, 3.8) is 0 Å². The zero-order valence-corrected chi connectivity index (χ0v) is 24.1. The van der Waals surface area contributed by atoms with Crippen molar-refractivity contribution in [1.82, 2.24) is 9.55 Å². The standard InChI is InChI=1S/C32H36N4O4/c1-19-15-20(2)33-30-28(19)35(21(3)34-30)18-23-13-14-26-25(16-23)17-27(36(26)31(38)40-32(5,6)7)29(39-22(4)37)24-11-9-8-10-12-24/h8-17,21,29H,18H2,1-7H3,(H,33,34). The number of pyridine rings is 1. The maximum atomic E-state index is 13.6. The van der Waals surface area contributed by atoms with E-state index in [1.54, 1.807) is 0 Å². The number of rotatable bonds is 5. The monoisotopic (exact) mass is 540 g/mol. The van der Waals surface area contributed by atoms with Crippen LogP contribution in [0.25, 0.3) is 10.9 Å². The van der Waals surface area contributed by atoms with Crippen LogP contribution in [0.3, 0.4) is 0 Å². The number of anilines is 2. The second-order valence-electron chi connectivity index (χ2n) is 11.4. The zero-order valence-electron chi connectivity index (χ0n) is 24.1. The van der Waals surface area contributed by atoms with Gasteiger partial charge in [0.2, 0.25) is 0 Å². The third kappa shape index (κ3) is 5.39. The molecule has 0 saturated carbocycles. The molecule has 208 valence electrons. The molecule has 2 atom stereocenters. The molecule has 1 aliphatic rings. The van der Waals surface area contributed by atoms with Gasteiger partial charge in [-0.05, 0) is 82.5 Å². The van der Waals surface area contributed by atoms with E-state index in [1.807, 2.05) is 76.2 Å². The largest absolute Gasteiger partial charge is 0.451 e. The Morgan fingerprint density at radius 1 is 1.05 bits per heavy atom. The Hall–Kier alpha value is -4.33. The van der Waals surface area contributed by atoms with E-state index in [4.69, 9.17) is 14.5 Å². The lowest BCUT2D eigenvalue weighted by Crippen LogP contribution is -2.32. The number of nitrogens with zero attached hydrogens (tertiary/aromatic N) is 3. The van der Waals surface area contributed by atoms with Crippen LogP contribution in [-0.4, -0.2) is 33.4 Å². The number of hydrogen-bond donors (Lipinski definition) is 1. The van der Waals surface area contributed by atoms with Gasteiger partial charge in [0.15, 0.2) is 11.9 Å². The van der Waals surface area contributed by atoms with E-state index in [1.165, 1.54) is 17.1 Å². The van der Waals surface area contributed by atoms with E-state index < -0.39 is 23.8 Å². The molecule has 2 aromatic carbocycles. The van der Waals surface area contributed by atoms with Gasteiger partial charge in [0.1, 0.15) is 5.60 Å². The number of aryl methyl sites for hydroxylation is 2. The summed E-state index contributed by atoms with van der Waals surface area (Å²) in [6, 6.07) is 19.5. The lowest BCUT2D eigenvalue weighted by Gasteiger charge is -2.25. The van der Waals surface area contributed by atoms with Crippen molar-refractivity contribution in [2.75, 3.05) is 10.2 Å². The summed E-state index contributed by atoms with van der Waals surface area (Å²) in [6.45, 7) is 13.7. The number of nitrogens with one attached hydrogen (secondary N) is 1. The summed E-state index contributed by atoms with van der Waals surface area (Å²) in [4.78, 5) is 32.7. The predicted molar refractivity (Wildman–Crippen MR) is 157 cm³/mol. The molecule has 2 aromatic heterocycles. The average Bonchev–Trinajstić information content (AvgIpc) is 3.39. The van der Waals surface area contributed by atoms with Crippen LogP contribution in [0.4, 0.5) is 16.3 Å². The van der Waals surface area contributed by atoms with Crippen LogP contribution in [-0.2, 0) is 20.8 Å². The van der Waals surface area contributed by atoms with Gasteiger partial charge in [-0.25, -0.2) is 14.3 Å². The topological polar surface area (TPSA) is 85.7 Å². The molecular weight excluding hydrogens is 504 g/mol. The number of carbonyl (C=O) groups is 2.